The molecule has 11 nitrogen and oxygen atoms in total. The number of tetrazole rings is 1. The van der Waals surface area contributed by atoms with Gasteiger partial charge >= 0.3 is 0 Å². The molecule has 0 radical (unpaired) electrons. The van der Waals surface area contributed by atoms with E-state index in [1.807, 2.05) is 29.3 Å². The topological polar surface area (TPSA) is 137 Å². The highest BCUT2D eigenvalue weighted by atomic mass is 19.1. The Kier molecular flexibility index (Phi) is 6.35. The van der Waals surface area contributed by atoms with Gasteiger partial charge in [0.25, 0.3) is 0 Å². The maximum Gasteiger partial charge on any atom is 0.164 e. The van der Waals surface area contributed by atoms with Crippen molar-refractivity contribution in [3.05, 3.63) is 77.5 Å². The maximum atomic E-state index is 13.4. The second kappa shape index (κ2) is 9.97. The summed E-state index contributed by atoms with van der Waals surface area (Å²) in [4.78, 5) is 6.70. The zero-order chi connectivity index (χ0) is 26.2. The van der Waals surface area contributed by atoms with Crippen molar-refractivity contribution in [3.63, 3.8) is 0 Å². The first kappa shape index (κ1) is 24.2. The van der Waals surface area contributed by atoms with Gasteiger partial charge in [0.1, 0.15) is 29.7 Å². The molecule has 2 aromatic carbocycles. The Morgan fingerprint density at radius 2 is 1.95 bits per heavy atom. The van der Waals surface area contributed by atoms with E-state index >= 15 is 0 Å². The predicted octanol–water partition coefficient (Wildman–Crippen LogP) is 2.99. The number of aliphatic hydroxyl groups is 2. The summed E-state index contributed by atoms with van der Waals surface area (Å²) in [5.74, 6) is 1.09. The van der Waals surface area contributed by atoms with Crippen molar-refractivity contribution in [2.75, 3.05) is 10.2 Å². The van der Waals surface area contributed by atoms with Gasteiger partial charge in [0.05, 0.1) is 19.0 Å². The minimum atomic E-state index is -1.03. The minimum absolute atomic E-state index is 0.291. The molecule has 4 heterocycles. The number of aryl methyl sites for hydroxylation is 2. The van der Waals surface area contributed by atoms with Crippen molar-refractivity contribution in [3.8, 4) is 0 Å². The first-order chi connectivity index (χ1) is 18.5. The average molecular weight is 519 g/mol. The summed E-state index contributed by atoms with van der Waals surface area (Å²) in [7, 11) is 0. The summed E-state index contributed by atoms with van der Waals surface area (Å²) in [6, 6.07) is 14.3. The number of aliphatic imine (C=N–C) groups is 1. The summed E-state index contributed by atoms with van der Waals surface area (Å²) >= 11 is 0. The van der Waals surface area contributed by atoms with Crippen LogP contribution in [-0.2, 0) is 24.1 Å². The Morgan fingerprint density at radius 3 is 2.68 bits per heavy atom. The molecule has 0 amide bonds. The molecule has 6 rings (SSSR count). The van der Waals surface area contributed by atoms with Crippen LogP contribution < -0.4 is 10.2 Å². The van der Waals surface area contributed by atoms with Gasteiger partial charge in [0.15, 0.2) is 6.23 Å². The van der Waals surface area contributed by atoms with E-state index in [-0.39, 0.29) is 5.82 Å². The Labute approximate surface area is 217 Å². The van der Waals surface area contributed by atoms with Gasteiger partial charge in [-0.3, -0.25) is 0 Å². The van der Waals surface area contributed by atoms with Gasteiger partial charge in [-0.15, -0.1) is 5.10 Å². The minimum Gasteiger partial charge on any atom is -0.388 e. The number of benzene rings is 2. The van der Waals surface area contributed by atoms with Gasteiger partial charge in [-0.2, -0.15) is 0 Å². The molecule has 4 N–H and O–H groups in total. The lowest BCUT2D eigenvalue weighted by molar-refractivity contribution is -0.0308. The van der Waals surface area contributed by atoms with Crippen LogP contribution in [0.25, 0.3) is 0 Å². The molecule has 0 saturated carbocycles. The first-order valence-electron chi connectivity index (χ1n) is 12.4. The molecule has 0 aliphatic carbocycles. The normalized spacial score (nSPS) is 22.6. The molecule has 1 fully saturated rings. The van der Waals surface area contributed by atoms with E-state index < -0.39 is 24.5 Å². The number of nitrogens with zero attached hydrogens (tertiary/aromatic N) is 6. The van der Waals surface area contributed by atoms with Crippen LogP contribution in [0.3, 0.4) is 0 Å². The molecular weight excluding hydrogens is 491 g/mol. The summed E-state index contributed by atoms with van der Waals surface area (Å²) < 4.78 is 20.9. The van der Waals surface area contributed by atoms with Gasteiger partial charge in [-0.05, 0) is 77.9 Å². The number of nitrogens with one attached hydrogen (secondary N) is 2. The van der Waals surface area contributed by atoms with E-state index in [0.717, 1.165) is 28.2 Å². The monoisotopic (exact) mass is 518 g/mol. The molecule has 38 heavy (non-hydrogen) atoms. The van der Waals surface area contributed by atoms with Gasteiger partial charge < -0.3 is 29.7 Å². The zero-order valence-electron chi connectivity index (χ0n) is 20.6. The lowest BCUT2D eigenvalue weighted by Gasteiger charge is -2.26. The largest absolute Gasteiger partial charge is 0.388 e. The van der Waals surface area contributed by atoms with Gasteiger partial charge in [-0.25, -0.2) is 14.5 Å². The summed E-state index contributed by atoms with van der Waals surface area (Å²) in [6.07, 6.45) is 1.73. The number of ether oxygens (including phenoxy) is 1. The molecule has 4 atom stereocenters. The molecular formula is C26H27FN8O3. The van der Waals surface area contributed by atoms with Gasteiger partial charge in [-0.1, -0.05) is 0 Å². The van der Waals surface area contributed by atoms with Crippen molar-refractivity contribution in [2.24, 2.45) is 4.99 Å². The Morgan fingerprint density at radius 1 is 1.11 bits per heavy atom. The number of aliphatic hydroxyl groups excluding tert-OH is 2. The van der Waals surface area contributed by atoms with E-state index in [1.165, 1.54) is 12.1 Å². The van der Waals surface area contributed by atoms with Gasteiger partial charge in [0.2, 0.25) is 0 Å². The number of rotatable bonds is 7. The summed E-state index contributed by atoms with van der Waals surface area (Å²) in [5.41, 5.74) is 4.63. The standard InChI is InChI=1S/C26H27FN8O3/c1-15-23(36)24(37)26(38-15)35-11-10-17-13-34(14-28-25(17)35)20-7-8-21(29-19-5-3-18(27)4-6-19)16(12-20)2-9-22-30-32-33-31-22/h3-8,10-12,14-15,23-24,26,29,36-37H,2,9,13H2,1H3,(H,30,31,32,33)/t15-,23-,24-,26-/m1/s1. The van der Waals surface area contributed by atoms with E-state index in [1.54, 1.807) is 30.0 Å². The maximum absolute atomic E-state index is 13.4. The third-order valence-corrected chi connectivity index (χ3v) is 6.94. The molecule has 0 unspecified atom stereocenters. The molecule has 2 aliphatic rings. The predicted molar refractivity (Wildman–Crippen MR) is 138 cm³/mol. The second-order valence-corrected chi connectivity index (χ2v) is 9.48. The highest BCUT2D eigenvalue weighted by Gasteiger charge is 2.42. The number of hydrogen-bond donors (Lipinski definition) is 4. The molecule has 1 saturated heterocycles. The lowest BCUT2D eigenvalue weighted by Crippen LogP contribution is -2.30. The number of anilines is 3. The molecule has 4 aromatic rings. The molecule has 0 spiro atoms. The average Bonchev–Trinajstić information content (AvgIpc) is 3.66. The highest BCUT2D eigenvalue weighted by molar-refractivity contribution is 5.84. The number of halogens is 1. The summed E-state index contributed by atoms with van der Waals surface area (Å²) in [5, 5.41) is 38.0. The third kappa shape index (κ3) is 4.64. The molecule has 0 bridgehead atoms. The van der Waals surface area contributed by atoms with Crippen molar-refractivity contribution >= 4 is 29.2 Å². The van der Waals surface area contributed by atoms with Gasteiger partial charge in [0, 0.05) is 35.2 Å². The van der Waals surface area contributed by atoms with E-state index in [9.17, 15) is 14.6 Å². The van der Waals surface area contributed by atoms with Crippen LogP contribution in [0, 0.1) is 5.82 Å². The fourth-order valence-corrected chi connectivity index (χ4v) is 4.84. The quantitative estimate of drug-likeness (QED) is 0.293. The molecule has 196 valence electrons. The summed E-state index contributed by atoms with van der Waals surface area (Å²) in [6.45, 7) is 2.31. The SMILES string of the molecule is C[C@H]1O[C@@H](n2ccc3c2N=CN(c2ccc(Nc4ccc(F)cc4)c(CCc4nnn[nH]4)c2)C3)[C@H](O)[C@@H]1O. The fraction of sp³-hybridized carbons (Fsp3) is 0.308. The third-order valence-electron chi connectivity index (χ3n) is 6.94. The van der Waals surface area contributed by atoms with Crippen molar-refractivity contribution < 1.29 is 19.3 Å². The van der Waals surface area contributed by atoms with Crippen LogP contribution in [-0.4, -0.2) is 60.1 Å². The number of H-pyrrole nitrogens is 1. The Hall–Kier alpha value is -4.13. The first-order valence-corrected chi connectivity index (χ1v) is 12.4. The number of fused-ring (bicyclic) bond motifs is 1. The van der Waals surface area contributed by atoms with Crippen molar-refractivity contribution in [1.82, 2.24) is 25.2 Å². The van der Waals surface area contributed by atoms with Crippen LogP contribution in [0.4, 0.5) is 27.3 Å². The molecule has 2 aromatic heterocycles. The van der Waals surface area contributed by atoms with Crippen LogP contribution in [0.15, 0.2) is 59.7 Å². The van der Waals surface area contributed by atoms with Crippen LogP contribution in [0.2, 0.25) is 0 Å². The number of hydrogen-bond acceptors (Lipinski definition) is 9. The highest BCUT2D eigenvalue weighted by Crippen LogP contribution is 2.37. The van der Waals surface area contributed by atoms with Crippen molar-refractivity contribution in [2.45, 2.75) is 50.8 Å². The number of aromatic amines is 1. The fourth-order valence-electron chi connectivity index (χ4n) is 4.84. The van der Waals surface area contributed by atoms with Crippen molar-refractivity contribution in [1.29, 1.82) is 0 Å². The van der Waals surface area contributed by atoms with Crippen LogP contribution in [0.1, 0.15) is 30.1 Å². The van der Waals surface area contributed by atoms with Crippen LogP contribution >= 0.6 is 0 Å². The Balaban J connectivity index is 1.25. The smallest absolute Gasteiger partial charge is 0.164 e. The molecule has 12 heteroatoms. The van der Waals surface area contributed by atoms with E-state index in [0.29, 0.717) is 31.0 Å². The second-order valence-electron chi connectivity index (χ2n) is 9.48. The zero-order valence-corrected chi connectivity index (χ0v) is 20.6. The molecule has 2 aliphatic heterocycles. The Bertz CT molecular complexity index is 1440. The lowest BCUT2D eigenvalue weighted by atomic mass is 10.0. The van der Waals surface area contributed by atoms with E-state index in [4.69, 9.17) is 4.74 Å². The van der Waals surface area contributed by atoms with E-state index in [2.05, 4.69) is 37.0 Å². The number of aromatic nitrogens is 5. The van der Waals surface area contributed by atoms with Crippen LogP contribution in [0.5, 0.6) is 0 Å².